The van der Waals surface area contributed by atoms with Crippen LogP contribution in [0.4, 0.5) is 5.69 Å². The van der Waals surface area contributed by atoms with Gasteiger partial charge in [0, 0.05) is 18.7 Å². The molecule has 2 rings (SSSR count). The molecule has 1 fully saturated rings. The Hall–Kier alpha value is -1.95. The van der Waals surface area contributed by atoms with E-state index in [0.717, 1.165) is 12.8 Å². The summed E-state index contributed by atoms with van der Waals surface area (Å²) in [5.41, 5.74) is 0.951. The zero-order valence-electron chi connectivity index (χ0n) is 10.1. The predicted octanol–water partition coefficient (Wildman–Crippen LogP) is 2.07. The number of rotatable bonds is 2. The van der Waals surface area contributed by atoms with Crippen LogP contribution in [0.2, 0.25) is 0 Å². The Labute approximate surface area is 104 Å². The molecule has 0 radical (unpaired) electrons. The molecule has 0 bridgehead atoms. The highest BCUT2D eigenvalue weighted by molar-refractivity contribution is 5.95. The first-order valence-corrected chi connectivity index (χ1v) is 5.79. The van der Waals surface area contributed by atoms with Gasteiger partial charge in [-0.15, -0.1) is 0 Å². The van der Waals surface area contributed by atoms with E-state index in [1.807, 2.05) is 0 Å². The van der Waals surface area contributed by atoms with Gasteiger partial charge in [-0.2, -0.15) is 0 Å². The zero-order chi connectivity index (χ0) is 13.1. The molecule has 1 heterocycles. The van der Waals surface area contributed by atoms with Gasteiger partial charge in [0.1, 0.15) is 0 Å². The number of benzene rings is 1. The molecule has 0 aromatic heterocycles. The van der Waals surface area contributed by atoms with Crippen LogP contribution in [0.15, 0.2) is 18.2 Å². The average molecular weight is 250 g/mol. The molecular weight excluding hydrogens is 236 g/mol. The van der Waals surface area contributed by atoms with Crippen molar-refractivity contribution in [1.82, 2.24) is 5.06 Å². The third-order valence-electron chi connectivity index (χ3n) is 2.89. The summed E-state index contributed by atoms with van der Waals surface area (Å²) < 4.78 is 0. The van der Waals surface area contributed by atoms with E-state index >= 15 is 0 Å². The van der Waals surface area contributed by atoms with E-state index in [4.69, 9.17) is 4.84 Å². The number of hydrogen-bond donors (Lipinski definition) is 0. The van der Waals surface area contributed by atoms with Crippen molar-refractivity contribution in [2.75, 3.05) is 13.2 Å². The molecule has 96 valence electrons. The molecule has 0 N–H and O–H groups in total. The maximum Gasteiger partial charge on any atom is 0.277 e. The second-order valence-corrected chi connectivity index (χ2v) is 4.20. The molecule has 1 aliphatic rings. The maximum atomic E-state index is 12.2. The second-order valence-electron chi connectivity index (χ2n) is 4.20. The third-order valence-corrected chi connectivity index (χ3v) is 2.89. The molecule has 0 aliphatic carbocycles. The minimum absolute atomic E-state index is 0.0824. The van der Waals surface area contributed by atoms with Crippen molar-refractivity contribution < 1.29 is 14.6 Å². The number of non-ortho nitro benzene ring substituents is 1. The van der Waals surface area contributed by atoms with Crippen molar-refractivity contribution in [2.45, 2.75) is 19.8 Å². The second kappa shape index (κ2) is 5.14. The van der Waals surface area contributed by atoms with Gasteiger partial charge in [-0.05, 0) is 25.3 Å². The van der Waals surface area contributed by atoms with E-state index in [2.05, 4.69) is 0 Å². The first-order chi connectivity index (χ1) is 8.59. The lowest BCUT2D eigenvalue weighted by Crippen LogP contribution is -2.36. The van der Waals surface area contributed by atoms with Gasteiger partial charge in [0.2, 0.25) is 0 Å². The Morgan fingerprint density at radius 1 is 1.44 bits per heavy atom. The van der Waals surface area contributed by atoms with E-state index < -0.39 is 4.92 Å². The summed E-state index contributed by atoms with van der Waals surface area (Å²) >= 11 is 0. The Bertz CT molecular complexity index is 481. The van der Waals surface area contributed by atoms with Gasteiger partial charge >= 0.3 is 0 Å². The van der Waals surface area contributed by atoms with Crippen molar-refractivity contribution in [3.63, 3.8) is 0 Å². The lowest BCUT2D eigenvalue weighted by atomic mass is 10.1. The molecule has 0 saturated carbocycles. The highest BCUT2D eigenvalue weighted by Gasteiger charge is 2.22. The molecule has 0 spiro atoms. The number of hydrogen-bond acceptors (Lipinski definition) is 4. The van der Waals surface area contributed by atoms with Crippen molar-refractivity contribution in [3.8, 4) is 0 Å². The Balaban J connectivity index is 2.28. The lowest BCUT2D eigenvalue weighted by Gasteiger charge is -2.26. The Morgan fingerprint density at radius 2 is 2.22 bits per heavy atom. The lowest BCUT2D eigenvalue weighted by molar-refractivity contribution is -0.384. The van der Waals surface area contributed by atoms with E-state index in [1.54, 1.807) is 13.0 Å². The fourth-order valence-electron chi connectivity index (χ4n) is 1.85. The van der Waals surface area contributed by atoms with Crippen molar-refractivity contribution in [2.24, 2.45) is 0 Å². The Morgan fingerprint density at radius 3 is 2.83 bits per heavy atom. The molecule has 1 aliphatic heterocycles. The molecule has 1 aromatic carbocycles. The fraction of sp³-hybridized carbons (Fsp3) is 0.417. The van der Waals surface area contributed by atoms with Crippen LogP contribution < -0.4 is 0 Å². The largest absolute Gasteiger partial charge is 0.277 e. The van der Waals surface area contributed by atoms with Gasteiger partial charge in [0.05, 0.1) is 17.1 Å². The van der Waals surface area contributed by atoms with Crippen LogP contribution in [0.1, 0.15) is 28.8 Å². The summed E-state index contributed by atoms with van der Waals surface area (Å²) in [4.78, 5) is 27.6. The normalized spacial score (nSPS) is 15.5. The van der Waals surface area contributed by atoms with E-state index in [0.29, 0.717) is 24.3 Å². The summed E-state index contributed by atoms with van der Waals surface area (Å²) in [6, 6.07) is 4.27. The highest BCUT2D eigenvalue weighted by atomic mass is 16.7. The average Bonchev–Trinajstić information content (AvgIpc) is 2.39. The topological polar surface area (TPSA) is 72.7 Å². The standard InChI is InChI=1S/C12H14N2O4/c1-9-4-5-10(14(16)17)8-11(9)12(15)13-6-2-3-7-18-13/h4-5,8H,2-3,6-7H2,1H3. The molecule has 18 heavy (non-hydrogen) atoms. The van der Waals surface area contributed by atoms with Gasteiger partial charge in [-0.3, -0.25) is 19.7 Å². The maximum absolute atomic E-state index is 12.2. The molecule has 0 unspecified atom stereocenters. The number of hydroxylamine groups is 2. The fourth-order valence-corrected chi connectivity index (χ4v) is 1.85. The molecular formula is C12H14N2O4. The number of nitro groups is 1. The van der Waals surface area contributed by atoms with Crippen LogP contribution in [-0.2, 0) is 4.84 Å². The van der Waals surface area contributed by atoms with Gasteiger partial charge in [-0.25, -0.2) is 5.06 Å². The van der Waals surface area contributed by atoms with Crippen LogP contribution in [0.5, 0.6) is 0 Å². The number of amides is 1. The summed E-state index contributed by atoms with van der Waals surface area (Å²) in [7, 11) is 0. The summed E-state index contributed by atoms with van der Waals surface area (Å²) in [5, 5.41) is 12.0. The van der Waals surface area contributed by atoms with Crippen LogP contribution in [0.25, 0.3) is 0 Å². The van der Waals surface area contributed by atoms with Gasteiger partial charge in [0.15, 0.2) is 0 Å². The first-order valence-electron chi connectivity index (χ1n) is 5.79. The first kappa shape index (κ1) is 12.5. The van der Waals surface area contributed by atoms with E-state index in [-0.39, 0.29) is 11.6 Å². The molecule has 6 heteroatoms. The number of carbonyl (C=O) groups excluding carboxylic acids is 1. The quantitative estimate of drug-likeness (QED) is 0.595. The van der Waals surface area contributed by atoms with Crippen molar-refractivity contribution in [3.05, 3.63) is 39.4 Å². The number of nitro benzene ring substituents is 1. The molecule has 1 saturated heterocycles. The minimum Gasteiger partial charge on any atom is -0.271 e. The number of nitrogens with zero attached hydrogens (tertiary/aromatic N) is 2. The van der Waals surface area contributed by atoms with Gasteiger partial charge < -0.3 is 0 Å². The highest BCUT2D eigenvalue weighted by Crippen LogP contribution is 2.20. The van der Waals surface area contributed by atoms with Gasteiger partial charge in [-0.1, -0.05) is 6.07 Å². The molecule has 0 atom stereocenters. The Kier molecular flexibility index (Phi) is 3.57. The van der Waals surface area contributed by atoms with E-state index in [9.17, 15) is 14.9 Å². The van der Waals surface area contributed by atoms with Crippen LogP contribution in [-0.4, -0.2) is 29.0 Å². The number of aryl methyl sites for hydroxylation is 1. The minimum atomic E-state index is -0.507. The van der Waals surface area contributed by atoms with Gasteiger partial charge in [0.25, 0.3) is 11.6 Å². The monoisotopic (exact) mass is 250 g/mol. The summed E-state index contributed by atoms with van der Waals surface area (Å²) in [5.74, 6) is -0.309. The molecule has 1 aromatic rings. The van der Waals surface area contributed by atoms with Crippen LogP contribution in [0, 0.1) is 17.0 Å². The predicted molar refractivity (Wildman–Crippen MR) is 64.1 cm³/mol. The molecule has 1 amide bonds. The van der Waals surface area contributed by atoms with Crippen LogP contribution >= 0.6 is 0 Å². The summed E-state index contributed by atoms with van der Waals surface area (Å²) in [6.45, 7) is 2.79. The van der Waals surface area contributed by atoms with Crippen molar-refractivity contribution in [1.29, 1.82) is 0 Å². The van der Waals surface area contributed by atoms with E-state index in [1.165, 1.54) is 17.2 Å². The van der Waals surface area contributed by atoms with Crippen LogP contribution in [0.3, 0.4) is 0 Å². The summed E-state index contributed by atoms with van der Waals surface area (Å²) in [6.07, 6.45) is 1.82. The SMILES string of the molecule is Cc1ccc([N+](=O)[O-])cc1C(=O)N1CCCCO1. The number of carbonyl (C=O) groups is 1. The zero-order valence-corrected chi connectivity index (χ0v) is 10.1. The van der Waals surface area contributed by atoms with Crippen molar-refractivity contribution >= 4 is 11.6 Å². The third kappa shape index (κ3) is 2.48. The smallest absolute Gasteiger partial charge is 0.271 e. The molecule has 6 nitrogen and oxygen atoms in total.